The first-order chi connectivity index (χ1) is 12.8. The summed E-state index contributed by atoms with van der Waals surface area (Å²) < 4.78 is 2.06. The van der Waals surface area contributed by atoms with Crippen molar-refractivity contribution in [2.45, 2.75) is 26.8 Å². The van der Waals surface area contributed by atoms with Gasteiger partial charge >= 0.3 is 0 Å². The van der Waals surface area contributed by atoms with Gasteiger partial charge in [-0.3, -0.25) is 0 Å². The minimum absolute atomic E-state index is 0.744. The van der Waals surface area contributed by atoms with E-state index in [-0.39, 0.29) is 0 Å². The van der Waals surface area contributed by atoms with Crippen molar-refractivity contribution in [1.29, 1.82) is 0 Å². The third-order valence-electron chi connectivity index (χ3n) is 4.41. The lowest BCUT2D eigenvalue weighted by atomic mass is 10.0. The molecule has 4 rings (SSSR count). The molecule has 0 amide bonds. The average molecular weight is 364 g/mol. The van der Waals surface area contributed by atoms with Crippen LogP contribution in [0.4, 0.5) is 5.82 Å². The molecule has 132 valence electrons. The maximum absolute atomic E-state index is 4.49. The molecule has 0 radical (unpaired) electrons. The van der Waals surface area contributed by atoms with Crippen LogP contribution in [0.1, 0.15) is 18.3 Å². The van der Waals surface area contributed by atoms with Crippen LogP contribution in [-0.4, -0.2) is 31.3 Å². The van der Waals surface area contributed by atoms with Crippen molar-refractivity contribution in [2.24, 2.45) is 0 Å². The van der Waals surface area contributed by atoms with E-state index in [2.05, 4.69) is 73.5 Å². The molecule has 0 saturated heterocycles. The second-order valence-electron chi connectivity index (χ2n) is 6.13. The Balaban J connectivity index is 1.61. The van der Waals surface area contributed by atoms with Crippen molar-refractivity contribution >= 4 is 27.4 Å². The fourth-order valence-electron chi connectivity index (χ4n) is 2.98. The number of hydrogen-bond acceptors (Lipinski definition) is 6. The van der Waals surface area contributed by atoms with Gasteiger partial charge in [-0.05, 0) is 19.4 Å². The molecule has 0 aliphatic rings. The molecule has 26 heavy (non-hydrogen) atoms. The molecular formula is C19H20N6S. The van der Waals surface area contributed by atoms with Gasteiger partial charge in [0, 0.05) is 30.5 Å². The van der Waals surface area contributed by atoms with Gasteiger partial charge in [0.05, 0.1) is 5.39 Å². The monoisotopic (exact) mass is 364 g/mol. The smallest absolute Gasteiger partial charge is 0.138 e. The summed E-state index contributed by atoms with van der Waals surface area (Å²) in [6, 6.07) is 8.56. The molecule has 0 fully saturated rings. The van der Waals surface area contributed by atoms with Crippen LogP contribution in [0.2, 0.25) is 0 Å². The summed E-state index contributed by atoms with van der Waals surface area (Å²) in [5.74, 6) is 1.85. The van der Waals surface area contributed by atoms with Crippen LogP contribution < -0.4 is 5.32 Å². The lowest BCUT2D eigenvalue weighted by molar-refractivity contribution is 0.697. The second-order valence-corrected chi connectivity index (χ2v) is 6.99. The summed E-state index contributed by atoms with van der Waals surface area (Å²) in [5.41, 5.74) is 3.61. The van der Waals surface area contributed by atoms with Crippen molar-refractivity contribution in [3.8, 4) is 11.1 Å². The Morgan fingerprint density at radius 1 is 1.15 bits per heavy atom. The highest BCUT2D eigenvalue weighted by atomic mass is 32.1. The van der Waals surface area contributed by atoms with Gasteiger partial charge in [-0.2, -0.15) is 0 Å². The van der Waals surface area contributed by atoms with Crippen LogP contribution >= 0.6 is 11.3 Å². The van der Waals surface area contributed by atoms with E-state index >= 15 is 0 Å². The average Bonchev–Trinajstić information content (AvgIpc) is 3.29. The van der Waals surface area contributed by atoms with Crippen LogP contribution in [0.15, 0.2) is 42.3 Å². The van der Waals surface area contributed by atoms with E-state index in [4.69, 9.17) is 0 Å². The molecule has 0 spiro atoms. The number of nitrogens with zero attached hydrogens (tertiary/aromatic N) is 5. The number of nitrogens with one attached hydrogen (secondary N) is 1. The van der Waals surface area contributed by atoms with Crippen LogP contribution in [0, 0.1) is 6.92 Å². The molecule has 3 aromatic heterocycles. The predicted octanol–water partition coefficient (Wildman–Crippen LogP) is 3.93. The number of rotatable bonds is 6. The molecular weight excluding hydrogens is 344 g/mol. The van der Waals surface area contributed by atoms with Crippen molar-refractivity contribution in [2.75, 3.05) is 11.9 Å². The van der Waals surface area contributed by atoms with E-state index in [9.17, 15) is 0 Å². The molecule has 0 unspecified atom stereocenters. The number of aromatic nitrogens is 5. The van der Waals surface area contributed by atoms with Crippen molar-refractivity contribution in [3.63, 3.8) is 0 Å². The molecule has 0 atom stereocenters. The summed E-state index contributed by atoms with van der Waals surface area (Å²) >= 11 is 1.65. The molecule has 1 aromatic carbocycles. The molecule has 3 heterocycles. The minimum Gasteiger partial charge on any atom is -0.369 e. The quantitative estimate of drug-likeness (QED) is 0.561. The molecule has 0 saturated carbocycles. The van der Waals surface area contributed by atoms with Crippen LogP contribution in [0.3, 0.4) is 0 Å². The Labute approximate surface area is 156 Å². The zero-order valence-electron chi connectivity index (χ0n) is 14.8. The third-order valence-corrected chi connectivity index (χ3v) is 5.30. The van der Waals surface area contributed by atoms with Crippen molar-refractivity contribution < 1.29 is 0 Å². The Morgan fingerprint density at radius 3 is 2.81 bits per heavy atom. The van der Waals surface area contributed by atoms with E-state index in [0.717, 1.165) is 41.4 Å². The zero-order chi connectivity index (χ0) is 17.9. The predicted molar refractivity (Wildman–Crippen MR) is 105 cm³/mol. The first kappa shape index (κ1) is 16.7. The Bertz CT molecular complexity index is 1020. The maximum Gasteiger partial charge on any atom is 0.138 e. The molecule has 0 aliphatic carbocycles. The van der Waals surface area contributed by atoms with Crippen molar-refractivity contribution in [1.82, 2.24) is 24.7 Å². The summed E-state index contributed by atoms with van der Waals surface area (Å²) in [7, 11) is 0. The zero-order valence-corrected chi connectivity index (χ0v) is 15.6. The minimum atomic E-state index is 0.744. The topological polar surface area (TPSA) is 68.5 Å². The second kappa shape index (κ2) is 7.21. The first-order valence-electron chi connectivity index (χ1n) is 8.66. The summed E-state index contributed by atoms with van der Waals surface area (Å²) in [6.45, 7) is 5.81. The SMILES string of the molecule is CCn1cnnc1CCNc1ncnc2scc(-c3ccc(C)cc3)c12. The molecule has 0 aliphatic heterocycles. The van der Waals surface area contributed by atoms with E-state index in [1.165, 1.54) is 16.7 Å². The van der Waals surface area contributed by atoms with Gasteiger partial charge in [-0.15, -0.1) is 21.5 Å². The number of hydrogen-bond donors (Lipinski definition) is 1. The number of fused-ring (bicyclic) bond motifs is 1. The largest absolute Gasteiger partial charge is 0.369 e. The fraction of sp³-hybridized carbons (Fsp3) is 0.263. The normalized spacial score (nSPS) is 11.2. The number of anilines is 1. The highest BCUT2D eigenvalue weighted by Crippen LogP contribution is 2.36. The lowest BCUT2D eigenvalue weighted by Crippen LogP contribution is -2.11. The summed E-state index contributed by atoms with van der Waals surface area (Å²) in [5, 5.41) is 14.9. The molecule has 4 aromatic rings. The summed E-state index contributed by atoms with van der Waals surface area (Å²) in [4.78, 5) is 9.91. The van der Waals surface area contributed by atoms with Gasteiger partial charge in [0.2, 0.25) is 0 Å². The standard InChI is InChI=1S/C19H20N6S/c1-3-25-12-23-24-16(25)8-9-20-18-17-15(10-26-19(17)22-11-21-18)14-6-4-13(2)5-7-14/h4-7,10-12H,3,8-9H2,1-2H3,(H,20,21,22). The van der Waals surface area contributed by atoms with Gasteiger partial charge in [0.15, 0.2) is 0 Å². The van der Waals surface area contributed by atoms with Gasteiger partial charge < -0.3 is 9.88 Å². The number of aryl methyl sites for hydroxylation is 2. The Morgan fingerprint density at radius 2 is 2.00 bits per heavy atom. The van der Waals surface area contributed by atoms with E-state index in [1.807, 2.05) is 0 Å². The van der Waals surface area contributed by atoms with Crippen molar-refractivity contribution in [3.05, 3.63) is 53.7 Å². The highest BCUT2D eigenvalue weighted by Gasteiger charge is 2.13. The van der Waals surface area contributed by atoms with Crippen LogP contribution in [0.5, 0.6) is 0 Å². The highest BCUT2D eigenvalue weighted by molar-refractivity contribution is 7.17. The van der Waals surface area contributed by atoms with Gasteiger partial charge in [-0.25, -0.2) is 9.97 Å². The fourth-order valence-corrected chi connectivity index (χ4v) is 3.90. The van der Waals surface area contributed by atoms with Gasteiger partial charge in [0.25, 0.3) is 0 Å². The Kier molecular flexibility index (Phi) is 4.62. The first-order valence-corrected chi connectivity index (χ1v) is 9.54. The van der Waals surface area contributed by atoms with E-state index in [1.54, 1.807) is 24.0 Å². The summed E-state index contributed by atoms with van der Waals surface area (Å²) in [6.07, 6.45) is 4.19. The lowest BCUT2D eigenvalue weighted by Gasteiger charge is -2.09. The van der Waals surface area contributed by atoms with Gasteiger partial charge in [-0.1, -0.05) is 29.8 Å². The third kappa shape index (κ3) is 3.17. The van der Waals surface area contributed by atoms with Gasteiger partial charge in [0.1, 0.15) is 29.1 Å². The molecule has 1 N–H and O–H groups in total. The Hall–Kier alpha value is -2.80. The number of thiophene rings is 1. The molecule has 7 heteroatoms. The number of benzene rings is 1. The van der Waals surface area contributed by atoms with E-state index < -0.39 is 0 Å². The van der Waals surface area contributed by atoms with Crippen LogP contribution in [0.25, 0.3) is 21.3 Å². The van der Waals surface area contributed by atoms with E-state index in [0.29, 0.717) is 0 Å². The maximum atomic E-state index is 4.49. The molecule has 6 nitrogen and oxygen atoms in total. The van der Waals surface area contributed by atoms with Crippen LogP contribution in [-0.2, 0) is 13.0 Å². The molecule has 0 bridgehead atoms.